The van der Waals surface area contributed by atoms with Crippen LogP contribution in [0.2, 0.25) is 0 Å². The Labute approximate surface area is 152 Å². The molecule has 8 heteroatoms. The van der Waals surface area contributed by atoms with Gasteiger partial charge in [-0.1, -0.05) is 0 Å². The van der Waals surface area contributed by atoms with Crippen LogP contribution in [0.3, 0.4) is 0 Å². The topological polar surface area (TPSA) is 87.3 Å². The van der Waals surface area contributed by atoms with Gasteiger partial charge in [0.15, 0.2) is 0 Å². The second-order valence-electron chi connectivity index (χ2n) is 5.07. The summed E-state index contributed by atoms with van der Waals surface area (Å²) in [6.45, 7) is 4.05. The number of ether oxygens (including phenoxy) is 2. The molecule has 0 saturated heterocycles. The second kappa shape index (κ2) is 7.37. The Hall–Kier alpha value is -1.51. The number of nitrogens with two attached hydrogens (primary N) is 1. The molecule has 0 saturated carbocycles. The van der Waals surface area contributed by atoms with Gasteiger partial charge in [-0.2, -0.15) is 0 Å². The first-order valence-electron chi connectivity index (χ1n) is 6.78. The van der Waals surface area contributed by atoms with Crippen LogP contribution in [0.5, 0.6) is 17.2 Å². The SMILES string of the molecule is COc1cc(C(C)C)c(Oc2cnc([As])nc2[As])cc1C(N)=O. The van der Waals surface area contributed by atoms with E-state index in [9.17, 15) is 4.79 Å². The number of primary amides is 1. The summed E-state index contributed by atoms with van der Waals surface area (Å²) in [5, 5.41) is 0. The molecule has 0 fully saturated rings. The maximum absolute atomic E-state index is 11.6. The van der Waals surface area contributed by atoms with Gasteiger partial charge in [0.25, 0.3) is 0 Å². The van der Waals surface area contributed by atoms with Gasteiger partial charge >= 0.3 is 152 Å². The number of aromatic nitrogens is 2. The van der Waals surface area contributed by atoms with E-state index in [1.807, 2.05) is 13.8 Å². The van der Waals surface area contributed by atoms with Crippen LogP contribution in [0.4, 0.5) is 0 Å². The van der Waals surface area contributed by atoms with E-state index in [0.29, 0.717) is 26.3 Å². The summed E-state index contributed by atoms with van der Waals surface area (Å²) in [5.74, 6) is 1.05. The van der Waals surface area contributed by atoms with E-state index >= 15 is 0 Å². The van der Waals surface area contributed by atoms with Crippen molar-refractivity contribution in [2.75, 3.05) is 7.11 Å². The van der Waals surface area contributed by atoms with Gasteiger partial charge in [0.05, 0.1) is 0 Å². The Morgan fingerprint density at radius 1 is 1.22 bits per heavy atom. The van der Waals surface area contributed by atoms with Crippen molar-refractivity contribution < 1.29 is 14.3 Å². The number of methoxy groups -OCH3 is 1. The summed E-state index contributed by atoms with van der Waals surface area (Å²) in [6.07, 6.45) is 1.59. The van der Waals surface area contributed by atoms with Gasteiger partial charge in [-0.3, -0.25) is 0 Å². The number of nitrogens with zero attached hydrogens (tertiary/aromatic N) is 2. The van der Waals surface area contributed by atoms with Gasteiger partial charge in [0.2, 0.25) is 0 Å². The molecule has 118 valence electrons. The van der Waals surface area contributed by atoms with Gasteiger partial charge in [0.1, 0.15) is 0 Å². The molecule has 2 N–H and O–H groups in total. The van der Waals surface area contributed by atoms with Crippen molar-refractivity contribution in [3.8, 4) is 17.2 Å². The van der Waals surface area contributed by atoms with Crippen molar-refractivity contribution in [3.05, 3.63) is 29.5 Å². The van der Waals surface area contributed by atoms with Crippen LogP contribution < -0.4 is 24.3 Å². The predicted molar refractivity (Wildman–Crippen MR) is 88.5 cm³/mol. The van der Waals surface area contributed by atoms with Crippen LogP contribution in [-0.4, -0.2) is 56.7 Å². The number of hydrogen-bond donors (Lipinski definition) is 1. The zero-order valence-electron chi connectivity index (χ0n) is 12.9. The first-order chi connectivity index (χ1) is 10.8. The monoisotopic (exact) mass is 435 g/mol. The first kappa shape index (κ1) is 17.8. The number of carbonyl (C=O) groups excluding carboxylic acids is 1. The zero-order valence-corrected chi connectivity index (χ0v) is 16.7. The van der Waals surface area contributed by atoms with Gasteiger partial charge < -0.3 is 0 Å². The number of amides is 1. The number of hydrogen-bond acceptors (Lipinski definition) is 5. The van der Waals surface area contributed by atoms with E-state index in [4.69, 9.17) is 15.2 Å². The minimum atomic E-state index is -0.577. The first-order valence-corrected chi connectivity index (χ1v) is 8.65. The van der Waals surface area contributed by atoms with Crippen molar-refractivity contribution in [3.63, 3.8) is 0 Å². The molecule has 0 aliphatic carbocycles. The molecule has 6 nitrogen and oxygen atoms in total. The Kier molecular flexibility index (Phi) is 5.72. The van der Waals surface area contributed by atoms with Crippen LogP contribution >= 0.6 is 0 Å². The minimum absolute atomic E-state index is 0.165. The van der Waals surface area contributed by atoms with Crippen molar-refractivity contribution in [1.29, 1.82) is 0 Å². The number of rotatable bonds is 5. The van der Waals surface area contributed by atoms with E-state index in [-0.39, 0.29) is 11.5 Å². The zero-order chi connectivity index (χ0) is 17.1. The third kappa shape index (κ3) is 4.07. The molecule has 2 rings (SSSR count). The molecule has 0 aliphatic rings. The predicted octanol–water partition coefficient (Wildman–Crippen LogP) is 0.0874. The van der Waals surface area contributed by atoms with E-state index in [0.717, 1.165) is 5.56 Å². The average molecular weight is 435 g/mol. The van der Waals surface area contributed by atoms with Crippen LogP contribution in [0, 0.1) is 0 Å². The standard InChI is InChI=1S/C15H15As2N3O3/c1-7(2)8-4-10(22-3)9(14(18)21)5-11(8)23-12-6-19-15(17)20-13(12)16/h4-7H,1-3H3,(H2,18,21). The van der Waals surface area contributed by atoms with Crippen molar-refractivity contribution in [2.45, 2.75) is 19.8 Å². The van der Waals surface area contributed by atoms with Crippen molar-refractivity contribution in [1.82, 2.24) is 9.97 Å². The summed E-state index contributed by atoms with van der Waals surface area (Å²) in [6, 6.07) is 3.37. The third-order valence-electron chi connectivity index (χ3n) is 3.16. The Balaban J connectivity index is 2.55. The van der Waals surface area contributed by atoms with Gasteiger partial charge in [-0.15, -0.1) is 0 Å². The van der Waals surface area contributed by atoms with E-state index in [1.54, 1.807) is 18.3 Å². The quantitative estimate of drug-likeness (QED) is 0.673. The van der Waals surface area contributed by atoms with Crippen LogP contribution in [-0.2, 0) is 0 Å². The normalized spacial score (nSPS) is 10.7. The fourth-order valence-electron chi connectivity index (χ4n) is 2.02. The summed E-state index contributed by atoms with van der Waals surface area (Å²) < 4.78 is 12.4. The molecule has 0 bridgehead atoms. The van der Waals surface area contributed by atoms with Gasteiger partial charge in [0, 0.05) is 0 Å². The summed E-state index contributed by atoms with van der Waals surface area (Å²) >= 11 is 4.61. The summed E-state index contributed by atoms with van der Waals surface area (Å²) in [5.41, 5.74) is 6.59. The van der Waals surface area contributed by atoms with Crippen molar-refractivity contribution in [2.24, 2.45) is 5.73 Å². The second-order valence-corrected chi connectivity index (χ2v) is 6.80. The third-order valence-corrected chi connectivity index (χ3v) is 4.29. The van der Waals surface area contributed by atoms with Crippen LogP contribution in [0.1, 0.15) is 35.7 Å². The maximum atomic E-state index is 11.6. The molecule has 0 unspecified atom stereocenters. The summed E-state index contributed by atoms with van der Waals surface area (Å²) in [4.78, 5) is 20.0. The molecule has 23 heavy (non-hydrogen) atoms. The molecular formula is C15H15As2N3O3. The fraction of sp³-hybridized carbons (Fsp3) is 0.267. The molecule has 0 atom stereocenters. The molecule has 1 heterocycles. The number of benzene rings is 1. The van der Waals surface area contributed by atoms with Gasteiger partial charge in [-0.25, -0.2) is 0 Å². The molecular weight excluding hydrogens is 420 g/mol. The molecule has 4 radical (unpaired) electrons. The van der Waals surface area contributed by atoms with E-state index in [2.05, 4.69) is 43.7 Å². The fourth-order valence-corrected chi connectivity index (χ4v) is 3.14. The average Bonchev–Trinajstić information content (AvgIpc) is 2.49. The molecule has 1 amide bonds. The summed E-state index contributed by atoms with van der Waals surface area (Å²) in [7, 11) is 1.50. The van der Waals surface area contributed by atoms with Crippen molar-refractivity contribution >= 4 is 48.7 Å². The Bertz CT molecular complexity index is 751. The molecule has 1 aromatic heterocycles. The van der Waals surface area contributed by atoms with Crippen LogP contribution in [0.15, 0.2) is 18.3 Å². The van der Waals surface area contributed by atoms with E-state index < -0.39 is 5.91 Å². The Morgan fingerprint density at radius 3 is 2.43 bits per heavy atom. The number of carbonyl (C=O) groups is 1. The molecule has 0 spiro atoms. The molecule has 1 aromatic carbocycles. The van der Waals surface area contributed by atoms with Crippen LogP contribution in [0.25, 0.3) is 0 Å². The van der Waals surface area contributed by atoms with Gasteiger partial charge in [-0.05, 0) is 0 Å². The molecule has 0 aliphatic heterocycles. The van der Waals surface area contributed by atoms with E-state index in [1.165, 1.54) is 7.11 Å². The Morgan fingerprint density at radius 2 is 1.91 bits per heavy atom. The molecule has 2 aromatic rings.